The Morgan fingerprint density at radius 1 is 1.14 bits per heavy atom. The van der Waals surface area contributed by atoms with Crippen molar-refractivity contribution in [1.82, 2.24) is 0 Å². The van der Waals surface area contributed by atoms with Crippen LogP contribution in [0, 0.1) is 18.3 Å². The number of nitriles is 1. The lowest BCUT2D eigenvalue weighted by molar-refractivity contribution is -0.133. The van der Waals surface area contributed by atoms with Gasteiger partial charge in [-0.1, -0.05) is 11.6 Å². The summed E-state index contributed by atoms with van der Waals surface area (Å²) in [6, 6.07) is 11.4. The first-order valence-electron chi connectivity index (χ1n) is 8.62. The molecule has 8 heteroatoms. The minimum absolute atomic E-state index is 0.0779. The van der Waals surface area contributed by atoms with Crippen molar-refractivity contribution < 1.29 is 14.4 Å². The minimum atomic E-state index is -0.921. The van der Waals surface area contributed by atoms with Crippen molar-refractivity contribution in [2.45, 2.75) is 19.8 Å². The number of nitrogens with one attached hydrogen (secondary N) is 2. The lowest BCUT2D eigenvalue weighted by atomic mass is 10.1. The van der Waals surface area contributed by atoms with E-state index in [2.05, 4.69) is 10.6 Å². The van der Waals surface area contributed by atoms with Gasteiger partial charge in [0.05, 0.1) is 11.3 Å². The van der Waals surface area contributed by atoms with Crippen LogP contribution in [0.25, 0.3) is 0 Å². The van der Waals surface area contributed by atoms with Crippen molar-refractivity contribution >= 4 is 46.4 Å². The van der Waals surface area contributed by atoms with Gasteiger partial charge in [0.1, 0.15) is 6.07 Å². The first-order chi connectivity index (χ1) is 13.4. The summed E-state index contributed by atoms with van der Waals surface area (Å²) in [7, 11) is 0. The van der Waals surface area contributed by atoms with Crippen LogP contribution in [0.3, 0.4) is 0 Å². The van der Waals surface area contributed by atoms with Gasteiger partial charge in [0.15, 0.2) is 0 Å². The second-order valence-electron chi connectivity index (χ2n) is 6.36. The monoisotopic (exact) mass is 396 g/mol. The van der Waals surface area contributed by atoms with E-state index in [1.54, 1.807) is 23.1 Å². The minimum Gasteiger partial charge on any atom is -0.318 e. The zero-order valence-corrected chi connectivity index (χ0v) is 15.8. The molecule has 28 heavy (non-hydrogen) atoms. The van der Waals surface area contributed by atoms with Crippen LogP contribution in [0.1, 0.15) is 24.0 Å². The second-order valence-corrected chi connectivity index (χ2v) is 6.80. The van der Waals surface area contributed by atoms with Crippen molar-refractivity contribution in [2.75, 3.05) is 22.1 Å². The molecule has 0 aliphatic carbocycles. The van der Waals surface area contributed by atoms with E-state index in [1.807, 2.05) is 13.0 Å². The Balaban J connectivity index is 1.70. The molecule has 2 N–H and O–H groups in total. The van der Waals surface area contributed by atoms with Crippen molar-refractivity contribution in [2.24, 2.45) is 0 Å². The summed E-state index contributed by atoms with van der Waals surface area (Å²) in [5, 5.41) is 14.3. The largest absolute Gasteiger partial charge is 0.318 e. The van der Waals surface area contributed by atoms with E-state index in [1.165, 1.54) is 18.2 Å². The molecule has 0 spiro atoms. The van der Waals surface area contributed by atoms with Crippen LogP contribution >= 0.6 is 11.6 Å². The molecular weight excluding hydrogens is 380 g/mol. The van der Waals surface area contributed by atoms with Crippen LogP contribution in [0.2, 0.25) is 5.02 Å². The van der Waals surface area contributed by atoms with Crippen LogP contribution < -0.4 is 15.5 Å². The van der Waals surface area contributed by atoms with E-state index in [0.29, 0.717) is 23.7 Å². The van der Waals surface area contributed by atoms with E-state index in [9.17, 15) is 14.4 Å². The number of carbonyl (C=O) groups excluding carboxylic acids is 3. The molecule has 0 aromatic heterocycles. The smallest absolute Gasteiger partial charge is 0.314 e. The fourth-order valence-electron chi connectivity index (χ4n) is 3.02. The molecule has 0 bridgehead atoms. The molecule has 0 atom stereocenters. The number of carbonyl (C=O) groups is 3. The van der Waals surface area contributed by atoms with Crippen molar-refractivity contribution in [1.29, 1.82) is 5.26 Å². The zero-order chi connectivity index (χ0) is 20.3. The van der Waals surface area contributed by atoms with Gasteiger partial charge in [-0.15, -0.1) is 0 Å². The maximum absolute atomic E-state index is 12.2. The summed E-state index contributed by atoms with van der Waals surface area (Å²) in [4.78, 5) is 38.0. The van der Waals surface area contributed by atoms with Gasteiger partial charge in [-0.05, 0) is 55.3 Å². The van der Waals surface area contributed by atoms with Gasteiger partial charge in [-0.25, -0.2) is 0 Å². The molecule has 0 radical (unpaired) electrons. The number of hydrogen-bond acceptors (Lipinski definition) is 4. The Morgan fingerprint density at radius 2 is 1.89 bits per heavy atom. The lowest BCUT2D eigenvalue weighted by Crippen LogP contribution is -2.29. The third kappa shape index (κ3) is 4.13. The molecule has 1 saturated heterocycles. The van der Waals surface area contributed by atoms with E-state index in [4.69, 9.17) is 16.9 Å². The van der Waals surface area contributed by atoms with E-state index in [-0.39, 0.29) is 17.2 Å². The van der Waals surface area contributed by atoms with Gasteiger partial charge in [0, 0.05) is 29.4 Å². The molecule has 1 aliphatic rings. The Morgan fingerprint density at radius 3 is 2.54 bits per heavy atom. The molecule has 2 aromatic carbocycles. The lowest BCUT2D eigenvalue weighted by Gasteiger charge is -2.19. The van der Waals surface area contributed by atoms with Gasteiger partial charge < -0.3 is 15.5 Å². The quantitative estimate of drug-likeness (QED) is 0.777. The summed E-state index contributed by atoms with van der Waals surface area (Å²) < 4.78 is 0. The topological polar surface area (TPSA) is 102 Å². The number of amides is 3. The predicted molar refractivity (Wildman–Crippen MR) is 106 cm³/mol. The van der Waals surface area contributed by atoms with Crippen LogP contribution in [0.5, 0.6) is 0 Å². The average molecular weight is 397 g/mol. The summed E-state index contributed by atoms with van der Waals surface area (Å²) in [6.45, 7) is 2.51. The van der Waals surface area contributed by atoms with Gasteiger partial charge in [0.25, 0.3) is 0 Å². The van der Waals surface area contributed by atoms with Gasteiger partial charge >= 0.3 is 11.8 Å². The van der Waals surface area contributed by atoms with Gasteiger partial charge in [-0.3, -0.25) is 14.4 Å². The SMILES string of the molecule is Cc1cc(NC(=O)C(=O)Nc2cc(Cl)ccc2C#N)ccc1N1CCCC1=O. The first-order valence-corrected chi connectivity index (χ1v) is 9.00. The van der Waals surface area contributed by atoms with Crippen LogP contribution in [0.4, 0.5) is 17.1 Å². The molecule has 2 aromatic rings. The van der Waals surface area contributed by atoms with Gasteiger partial charge in [0.2, 0.25) is 5.91 Å². The van der Waals surface area contributed by atoms with E-state index >= 15 is 0 Å². The van der Waals surface area contributed by atoms with Crippen LogP contribution in [-0.4, -0.2) is 24.3 Å². The molecule has 1 heterocycles. The Hall–Kier alpha value is -3.37. The predicted octanol–water partition coefficient (Wildman–Crippen LogP) is 3.22. The highest BCUT2D eigenvalue weighted by atomic mass is 35.5. The molecule has 7 nitrogen and oxygen atoms in total. The second kappa shape index (κ2) is 8.11. The number of nitrogens with zero attached hydrogens (tertiary/aromatic N) is 2. The number of hydrogen-bond donors (Lipinski definition) is 2. The Bertz CT molecular complexity index is 1010. The van der Waals surface area contributed by atoms with E-state index < -0.39 is 11.8 Å². The molecule has 0 saturated carbocycles. The number of rotatable bonds is 3. The summed E-state index contributed by atoms with van der Waals surface area (Å²) in [5.74, 6) is -1.72. The zero-order valence-electron chi connectivity index (χ0n) is 15.1. The summed E-state index contributed by atoms with van der Waals surface area (Å²) in [5.41, 5.74) is 2.40. The molecule has 3 rings (SSSR count). The summed E-state index contributed by atoms with van der Waals surface area (Å²) in [6.07, 6.45) is 1.36. The first kappa shape index (κ1) is 19.4. The molecule has 1 fully saturated rings. The number of aryl methyl sites for hydroxylation is 1. The fraction of sp³-hybridized carbons (Fsp3) is 0.200. The number of anilines is 3. The molecule has 1 aliphatic heterocycles. The fourth-order valence-corrected chi connectivity index (χ4v) is 3.20. The standard InChI is InChI=1S/C20H17ClN4O3/c1-12-9-15(6-7-17(12)25-8-2-3-18(25)26)23-19(27)20(28)24-16-10-14(21)5-4-13(16)11-22/h4-7,9-10H,2-3,8H2,1H3,(H,23,27)(H,24,28). The third-order valence-corrected chi connectivity index (χ3v) is 4.61. The molecular formula is C20H17ClN4O3. The molecule has 3 amide bonds. The molecule has 142 valence electrons. The summed E-state index contributed by atoms with van der Waals surface area (Å²) >= 11 is 5.87. The maximum atomic E-state index is 12.2. The third-order valence-electron chi connectivity index (χ3n) is 4.38. The highest BCUT2D eigenvalue weighted by molar-refractivity contribution is 6.44. The average Bonchev–Trinajstić information content (AvgIpc) is 3.07. The van der Waals surface area contributed by atoms with Crippen molar-refractivity contribution in [3.05, 3.63) is 52.5 Å². The number of benzene rings is 2. The van der Waals surface area contributed by atoms with E-state index in [0.717, 1.165) is 17.7 Å². The van der Waals surface area contributed by atoms with Crippen molar-refractivity contribution in [3.63, 3.8) is 0 Å². The van der Waals surface area contributed by atoms with Crippen LogP contribution in [0.15, 0.2) is 36.4 Å². The Labute approximate surface area is 166 Å². The number of halogens is 1. The highest BCUT2D eigenvalue weighted by Crippen LogP contribution is 2.27. The normalized spacial score (nSPS) is 13.2. The highest BCUT2D eigenvalue weighted by Gasteiger charge is 2.23. The Kier molecular flexibility index (Phi) is 5.62. The molecule has 0 unspecified atom stereocenters. The van der Waals surface area contributed by atoms with Gasteiger partial charge in [-0.2, -0.15) is 5.26 Å². The maximum Gasteiger partial charge on any atom is 0.314 e. The van der Waals surface area contributed by atoms with Crippen LogP contribution in [-0.2, 0) is 14.4 Å². The van der Waals surface area contributed by atoms with Crippen molar-refractivity contribution in [3.8, 4) is 6.07 Å².